The van der Waals surface area contributed by atoms with Gasteiger partial charge in [0, 0.05) is 23.6 Å². The SMILES string of the molecule is COc1cccc(Cn2c(SCc3ccc(C(=O)N[C@H]4CCCC[C@H]4C)cc3)nc3ccncc32)c1. The van der Waals surface area contributed by atoms with Crippen molar-refractivity contribution in [1.29, 1.82) is 0 Å². The number of fused-ring (bicyclic) bond motifs is 1. The quantitative estimate of drug-likeness (QED) is 0.297. The molecule has 0 radical (unpaired) electrons. The van der Waals surface area contributed by atoms with E-state index >= 15 is 0 Å². The second kappa shape index (κ2) is 11.2. The van der Waals surface area contributed by atoms with E-state index in [0.717, 1.165) is 50.8 Å². The molecule has 2 atom stereocenters. The monoisotopic (exact) mass is 500 g/mol. The van der Waals surface area contributed by atoms with E-state index in [4.69, 9.17) is 9.72 Å². The number of aromatic nitrogens is 3. The molecule has 5 rings (SSSR count). The standard InChI is InChI=1S/C29H32N4O2S/c1-20-6-3-4-9-25(20)31-28(34)23-12-10-21(11-13-23)19-36-29-32-26-14-15-30-17-27(26)33(29)18-22-7-5-8-24(16-22)35-2/h5,7-8,10-17,20,25H,3-4,6,9,18-19H2,1-2H3,(H,31,34)/t20-,25+/m1/s1. The van der Waals surface area contributed by atoms with Crippen LogP contribution in [0.1, 0.15) is 54.1 Å². The zero-order chi connectivity index (χ0) is 24.9. The van der Waals surface area contributed by atoms with E-state index in [9.17, 15) is 4.79 Å². The highest BCUT2D eigenvalue weighted by Gasteiger charge is 2.23. The average molecular weight is 501 g/mol. The zero-order valence-corrected chi connectivity index (χ0v) is 21.6. The lowest BCUT2D eigenvalue weighted by atomic mass is 9.86. The normalized spacial score (nSPS) is 17.7. The molecule has 1 N–H and O–H groups in total. The van der Waals surface area contributed by atoms with Gasteiger partial charge in [0.05, 0.1) is 30.9 Å². The maximum Gasteiger partial charge on any atom is 0.251 e. The summed E-state index contributed by atoms with van der Waals surface area (Å²) in [4.78, 5) is 22.0. The van der Waals surface area contributed by atoms with Crippen LogP contribution in [0, 0.1) is 5.92 Å². The fourth-order valence-electron chi connectivity index (χ4n) is 4.85. The number of pyridine rings is 1. The molecule has 0 saturated heterocycles. The van der Waals surface area contributed by atoms with Gasteiger partial charge in [0.2, 0.25) is 0 Å². The molecule has 7 heteroatoms. The van der Waals surface area contributed by atoms with Gasteiger partial charge in [0.25, 0.3) is 5.91 Å². The number of nitrogens with zero attached hydrogens (tertiary/aromatic N) is 3. The van der Waals surface area contributed by atoms with Crippen molar-refractivity contribution in [3.05, 3.63) is 83.7 Å². The highest BCUT2D eigenvalue weighted by Crippen LogP contribution is 2.28. The summed E-state index contributed by atoms with van der Waals surface area (Å²) in [5.41, 5.74) is 4.95. The Morgan fingerprint density at radius 1 is 1.11 bits per heavy atom. The number of hydrogen-bond acceptors (Lipinski definition) is 5. The summed E-state index contributed by atoms with van der Waals surface area (Å²) in [6, 6.07) is 18.3. The van der Waals surface area contributed by atoms with Crippen LogP contribution in [0.15, 0.2) is 72.1 Å². The molecule has 1 aliphatic rings. The van der Waals surface area contributed by atoms with Crippen LogP contribution >= 0.6 is 11.8 Å². The maximum absolute atomic E-state index is 12.8. The van der Waals surface area contributed by atoms with E-state index in [-0.39, 0.29) is 11.9 Å². The summed E-state index contributed by atoms with van der Waals surface area (Å²) in [6.45, 7) is 2.92. The summed E-state index contributed by atoms with van der Waals surface area (Å²) in [7, 11) is 1.68. The van der Waals surface area contributed by atoms with Crippen molar-refractivity contribution in [2.24, 2.45) is 5.92 Å². The number of rotatable bonds is 8. The van der Waals surface area contributed by atoms with Gasteiger partial charge in [0.1, 0.15) is 5.75 Å². The summed E-state index contributed by atoms with van der Waals surface area (Å²) < 4.78 is 7.60. The Kier molecular flexibility index (Phi) is 7.56. The first-order chi connectivity index (χ1) is 17.6. The van der Waals surface area contributed by atoms with Crippen molar-refractivity contribution >= 4 is 28.7 Å². The first-order valence-corrected chi connectivity index (χ1v) is 13.5. The van der Waals surface area contributed by atoms with Crippen LogP contribution in [0.4, 0.5) is 0 Å². The lowest BCUT2D eigenvalue weighted by Crippen LogP contribution is -2.41. The van der Waals surface area contributed by atoms with Gasteiger partial charge < -0.3 is 14.6 Å². The van der Waals surface area contributed by atoms with Crippen LogP contribution in [0.5, 0.6) is 5.75 Å². The summed E-state index contributed by atoms with van der Waals surface area (Å²) in [5.74, 6) is 2.17. The van der Waals surface area contributed by atoms with E-state index in [2.05, 4.69) is 33.9 Å². The molecule has 1 saturated carbocycles. The zero-order valence-electron chi connectivity index (χ0n) is 20.8. The Balaban J connectivity index is 1.28. The molecular weight excluding hydrogens is 468 g/mol. The van der Waals surface area contributed by atoms with E-state index in [1.54, 1.807) is 25.1 Å². The van der Waals surface area contributed by atoms with Crippen molar-refractivity contribution in [3.63, 3.8) is 0 Å². The minimum Gasteiger partial charge on any atom is -0.497 e. The lowest BCUT2D eigenvalue weighted by molar-refractivity contribution is 0.0910. The van der Waals surface area contributed by atoms with Crippen LogP contribution in [-0.2, 0) is 12.3 Å². The van der Waals surface area contributed by atoms with Crippen LogP contribution < -0.4 is 10.1 Å². The third-order valence-corrected chi connectivity index (χ3v) is 8.05. The molecule has 2 aromatic heterocycles. The second-order valence-electron chi connectivity index (χ2n) is 9.52. The van der Waals surface area contributed by atoms with Crippen LogP contribution in [0.2, 0.25) is 0 Å². The average Bonchev–Trinajstić information content (AvgIpc) is 3.26. The molecule has 186 valence electrons. The fourth-order valence-corrected chi connectivity index (χ4v) is 5.82. The van der Waals surface area contributed by atoms with E-state index in [0.29, 0.717) is 12.5 Å². The molecular formula is C29H32N4O2S. The van der Waals surface area contributed by atoms with Gasteiger partial charge in [-0.05, 0) is 60.2 Å². The van der Waals surface area contributed by atoms with Gasteiger partial charge in [-0.1, -0.05) is 55.8 Å². The minimum absolute atomic E-state index is 0.0283. The Morgan fingerprint density at radius 3 is 2.75 bits per heavy atom. The predicted octanol–water partition coefficient (Wildman–Crippen LogP) is 6.09. The van der Waals surface area contributed by atoms with Crippen molar-refractivity contribution in [2.75, 3.05) is 7.11 Å². The Hall–Kier alpha value is -3.32. The molecule has 1 aliphatic carbocycles. The van der Waals surface area contributed by atoms with Crippen LogP contribution in [0.25, 0.3) is 11.0 Å². The molecule has 0 bridgehead atoms. The summed E-state index contributed by atoms with van der Waals surface area (Å²) in [6.07, 6.45) is 8.38. The summed E-state index contributed by atoms with van der Waals surface area (Å²) >= 11 is 1.69. The largest absolute Gasteiger partial charge is 0.497 e. The van der Waals surface area contributed by atoms with Crippen molar-refractivity contribution in [3.8, 4) is 5.75 Å². The fraction of sp³-hybridized carbons (Fsp3) is 0.345. The first kappa shape index (κ1) is 24.4. The Morgan fingerprint density at radius 2 is 1.94 bits per heavy atom. The van der Waals surface area contributed by atoms with E-state index in [1.165, 1.54) is 19.3 Å². The third-order valence-electron chi connectivity index (χ3n) is 7.00. The molecule has 1 amide bonds. The van der Waals surface area contributed by atoms with Gasteiger partial charge in [-0.3, -0.25) is 9.78 Å². The third kappa shape index (κ3) is 5.57. The molecule has 4 aromatic rings. The van der Waals surface area contributed by atoms with Crippen LogP contribution in [0.3, 0.4) is 0 Å². The van der Waals surface area contributed by atoms with Gasteiger partial charge >= 0.3 is 0 Å². The first-order valence-electron chi connectivity index (χ1n) is 12.6. The molecule has 0 spiro atoms. The molecule has 0 aliphatic heterocycles. The van der Waals surface area contributed by atoms with Crippen LogP contribution in [-0.4, -0.2) is 33.6 Å². The second-order valence-corrected chi connectivity index (χ2v) is 10.5. The van der Waals surface area contributed by atoms with Crippen molar-refractivity contribution in [2.45, 2.75) is 56.1 Å². The number of carbonyl (C=O) groups is 1. The molecule has 2 heterocycles. The molecule has 2 aromatic carbocycles. The van der Waals surface area contributed by atoms with Gasteiger partial charge in [-0.25, -0.2) is 4.98 Å². The number of hydrogen-bond donors (Lipinski definition) is 1. The van der Waals surface area contributed by atoms with Gasteiger partial charge in [-0.15, -0.1) is 0 Å². The number of carbonyl (C=O) groups excluding carboxylic acids is 1. The van der Waals surface area contributed by atoms with Gasteiger partial charge in [-0.2, -0.15) is 0 Å². The molecule has 36 heavy (non-hydrogen) atoms. The summed E-state index contributed by atoms with van der Waals surface area (Å²) in [5, 5.41) is 4.18. The number of methoxy groups -OCH3 is 1. The van der Waals surface area contributed by atoms with Crippen molar-refractivity contribution in [1.82, 2.24) is 19.9 Å². The molecule has 0 unspecified atom stereocenters. The highest BCUT2D eigenvalue weighted by molar-refractivity contribution is 7.98. The van der Waals surface area contributed by atoms with Gasteiger partial charge in [0.15, 0.2) is 5.16 Å². The van der Waals surface area contributed by atoms with Crippen molar-refractivity contribution < 1.29 is 9.53 Å². The number of imidazole rings is 1. The number of benzene rings is 2. The topological polar surface area (TPSA) is 69.0 Å². The molecule has 6 nitrogen and oxygen atoms in total. The number of nitrogens with one attached hydrogen (secondary N) is 1. The smallest absolute Gasteiger partial charge is 0.251 e. The van der Waals surface area contributed by atoms with E-state index < -0.39 is 0 Å². The lowest BCUT2D eigenvalue weighted by Gasteiger charge is -2.29. The minimum atomic E-state index is 0.0283. The molecule has 1 fully saturated rings. The number of ether oxygens (including phenoxy) is 1. The number of thioether (sulfide) groups is 1. The predicted molar refractivity (Wildman–Crippen MR) is 145 cm³/mol. The Labute approximate surface area is 216 Å². The van der Waals surface area contributed by atoms with E-state index in [1.807, 2.05) is 48.7 Å². The maximum atomic E-state index is 12.8. The number of amides is 1. The highest BCUT2D eigenvalue weighted by atomic mass is 32.2. The Bertz CT molecular complexity index is 1330.